The van der Waals surface area contributed by atoms with E-state index < -0.39 is 0 Å². The van der Waals surface area contributed by atoms with Crippen molar-refractivity contribution in [2.24, 2.45) is 0 Å². The van der Waals surface area contributed by atoms with Crippen LogP contribution in [0.5, 0.6) is 0 Å². The van der Waals surface area contributed by atoms with Gasteiger partial charge in [0.1, 0.15) is 5.82 Å². The molecule has 100 valence electrons. The average Bonchev–Trinajstić information content (AvgIpc) is 2.22. The smallest absolute Gasteiger partial charge is 0.148 e. The van der Waals surface area contributed by atoms with Crippen LogP contribution in [0.15, 0.2) is 18.2 Å². The molecule has 0 radical (unpaired) electrons. The van der Waals surface area contributed by atoms with Crippen molar-refractivity contribution in [3.63, 3.8) is 0 Å². The molecule has 0 aromatic heterocycles. The summed E-state index contributed by atoms with van der Waals surface area (Å²) in [4.78, 5) is 4.26. The van der Waals surface area contributed by atoms with Gasteiger partial charge in [-0.15, -0.1) is 0 Å². The maximum Gasteiger partial charge on any atom is 0.148 e. The molecule has 1 aliphatic carbocycles. The van der Waals surface area contributed by atoms with Crippen molar-refractivity contribution in [2.45, 2.75) is 24.8 Å². The number of nitrogens with two attached hydrogens (primary N) is 1. The summed E-state index contributed by atoms with van der Waals surface area (Å²) in [6.07, 6.45) is 3.62. The van der Waals surface area contributed by atoms with Gasteiger partial charge in [-0.25, -0.2) is 4.39 Å². The second-order valence-corrected chi connectivity index (χ2v) is 5.54. The van der Waals surface area contributed by atoms with Crippen LogP contribution >= 0.6 is 0 Å². The number of halogens is 1. The van der Waals surface area contributed by atoms with Crippen LogP contribution in [0.25, 0.3) is 0 Å². The molecule has 0 bridgehead atoms. The van der Waals surface area contributed by atoms with Gasteiger partial charge in [0.05, 0.1) is 5.69 Å². The molecule has 18 heavy (non-hydrogen) atoms. The van der Waals surface area contributed by atoms with Crippen LogP contribution < -0.4 is 10.6 Å². The van der Waals surface area contributed by atoms with Crippen LogP contribution in [0.3, 0.4) is 0 Å². The highest BCUT2D eigenvalue weighted by Crippen LogP contribution is 2.37. The molecule has 2 N–H and O–H groups in total. The Kier molecular flexibility index (Phi) is 3.48. The highest BCUT2D eigenvalue weighted by atomic mass is 19.1. The van der Waals surface area contributed by atoms with Gasteiger partial charge >= 0.3 is 0 Å². The predicted molar refractivity (Wildman–Crippen MR) is 74.4 cm³/mol. The largest absolute Gasteiger partial charge is 0.399 e. The maximum atomic E-state index is 13.9. The second-order valence-electron chi connectivity index (χ2n) is 5.54. The molecule has 2 rings (SSSR count). The first-order valence-corrected chi connectivity index (χ1v) is 6.38. The number of hydrogen-bond donors (Lipinski definition) is 1. The quantitative estimate of drug-likeness (QED) is 0.834. The van der Waals surface area contributed by atoms with E-state index in [1.165, 1.54) is 25.3 Å². The lowest BCUT2D eigenvalue weighted by Gasteiger charge is -2.49. The van der Waals surface area contributed by atoms with E-state index in [1.807, 2.05) is 11.9 Å². The summed E-state index contributed by atoms with van der Waals surface area (Å²) in [5.74, 6) is -0.245. The van der Waals surface area contributed by atoms with Crippen LogP contribution in [-0.2, 0) is 0 Å². The fourth-order valence-corrected chi connectivity index (χ4v) is 2.69. The number of nitrogen functional groups attached to an aromatic ring is 1. The van der Waals surface area contributed by atoms with Gasteiger partial charge in [0, 0.05) is 24.8 Å². The van der Waals surface area contributed by atoms with Crippen LogP contribution in [0.4, 0.5) is 15.8 Å². The zero-order valence-corrected chi connectivity index (χ0v) is 11.4. The zero-order valence-electron chi connectivity index (χ0n) is 11.4. The van der Waals surface area contributed by atoms with Gasteiger partial charge in [0.25, 0.3) is 0 Å². The Hall–Kier alpha value is -1.29. The monoisotopic (exact) mass is 251 g/mol. The molecule has 0 unspecified atom stereocenters. The zero-order chi connectivity index (χ0) is 13.3. The molecular formula is C14H22FN3. The first-order chi connectivity index (χ1) is 8.44. The van der Waals surface area contributed by atoms with Crippen molar-refractivity contribution in [1.29, 1.82) is 0 Å². The molecule has 0 spiro atoms. The number of hydrogen-bond acceptors (Lipinski definition) is 3. The first-order valence-electron chi connectivity index (χ1n) is 6.38. The number of rotatable bonds is 4. The number of benzene rings is 1. The summed E-state index contributed by atoms with van der Waals surface area (Å²) in [6.45, 7) is 0.848. The second kappa shape index (κ2) is 4.76. The van der Waals surface area contributed by atoms with Crippen molar-refractivity contribution in [2.75, 3.05) is 38.3 Å². The Morgan fingerprint density at radius 2 is 1.94 bits per heavy atom. The molecule has 4 heteroatoms. The summed E-state index contributed by atoms with van der Waals surface area (Å²) in [7, 11) is 6.15. The first kappa shape index (κ1) is 13.1. The van der Waals surface area contributed by atoms with Gasteiger partial charge in [0.15, 0.2) is 0 Å². The van der Waals surface area contributed by atoms with Crippen LogP contribution in [0.2, 0.25) is 0 Å². The van der Waals surface area contributed by atoms with Crippen LogP contribution in [-0.4, -0.2) is 38.1 Å². The molecule has 0 heterocycles. The minimum atomic E-state index is -0.245. The maximum absolute atomic E-state index is 13.9. The van der Waals surface area contributed by atoms with Crippen LogP contribution in [0.1, 0.15) is 19.3 Å². The molecule has 1 aromatic rings. The molecule has 0 amide bonds. The van der Waals surface area contributed by atoms with E-state index in [9.17, 15) is 4.39 Å². The van der Waals surface area contributed by atoms with E-state index in [2.05, 4.69) is 19.0 Å². The minimum absolute atomic E-state index is 0.197. The van der Waals surface area contributed by atoms with Gasteiger partial charge in [-0.3, -0.25) is 0 Å². The van der Waals surface area contributed by atoms with Gasteiger partial charge in [-0.05, 0) is 51.6 Å². The van der Waals surface area contributed by atoms with Gasteiger partial charge < -0.3 is 15.5 Å². The summed E-state index contributed by atoms with van der Waals surface area (Å²) in [5.41, 5.74) is 6.86. The fraction of sp³-hybridized carbons (Fsp3) is 0.571. The summed E-state index contributed by atoms with van der Waals surface area (Å²) in [6, 6.07) is 4.89. The summed E-state index contributed by atoms with van der Waals surface area (Å²) >= 11 is 0. The molecular weight excluding hydrogens is 229 g/mol. The number of anilines is 2. The fourth-order valence-electron chi connectivity index (χ4n) is 2.69. The molecule has 0 aliphatic heterocycles. The topological polar surface area (TPSA) is 32.5 Å². The molecule has 0 saturated heterocycles. The highest BCUT2D eigenvalue weighted by Gasteiger charge is 2.40. The predicted octanol–water partition coefficient (Wildman–Crippen LogP) is 2.33. The van der Waals surface area contributed by atoms with Gasteiger partial charge in [0.2, 0.25) is 0 Å². The third-order valence-electron chi connectivity index (χ3n) is 4.15. The molecule has 0 atom stereocenters. The molecule has 1 aromatic carbocycles. The van der Waals surface area contributed by atoms with E-state index in [0.29, 0.717) is 11.4 Å². The molecule has 1 saturated carbocycles. The third-order valence-corrected chi connectivity index (χ3v) is 4.15. The van der Waals surface area contributed by atoms with E-state index >= 15 is 0 Å². The van der Waals surface area contributed by atoms with E-state index in [4.69, 9.17) is 5.73 Å². The lowest BCUT2D eigenvalue weighted by atomic mass is 9.75. The van der Waals surface area contributed by atoms with E-state index in [-0.39, 0.29) is 11.4 Å². The lowest BCUT2D eigenvalue weighted by molar-refractivity contribution is 0.0682. The van der Waals surface area contributed by atoms with Crippen molar-refractivity contribution in [3.05, 3.63) is 24.0 Å². The molecule has 1 fully saturated rings. The standard InChI is InChI=1S/C14H22FN3/c1-17(2)14(7-4-8-14)10-18(3)13-6-5-11(16)9-12(13)15/h5-6,9H,4,7-8,10,16H2,1-3H3. The van der Waals surface area contributed by atoms with Gasteiger partial charge in [-0.2, -0.15) is 0 Å². The Morgan fingerprint density at radius 3 is 2.39 bits per heavy atom. The van der Waals surface area contributed by atoms with Crippen molar-refractivity contribution in [3.8, 4) is 0 Å². The Balaban J connectivity index is 2.14. The normalized spacial score (nSPS) is 17.6. The average molecular weight is 251 g/mol. The van der Waals surface area contributed by atoms with E-state index in [1.54, 1.807) is 12.1 Å². The van der Waals surface area contributed by atoms with Crippen LogP contribution in [0, 0.1) is 5.82 Å². The Labute approximate surface area is 108 Å². The SMILES string of the molecule is CN(CC1(N(C)C)CCC1)c1ccc(N)cc1F. The number of likely N-dealkylation sites (N-methyl/N-ethyl adjacent to an activating group) is 2. The third kappa shape index (κ3) is 2.29. The highest BCUT2D eigenvalue weighted by molar-refractivity contribution is 5.54. The lowest BCUT2D eigenvalue weighted by Crippen LogP contribution is -2.56. The summed E-state index contributed by atoms with van der Waals surface area (Å²) in [5, 5.41) is 0. The Morgan fingerprint density at radius 1 is 1.28 bits per heavy atom. The van der Waals surface area contributed by atoms with Crippen molar-refractivity contribution >= 4 is 11.4 Å². The summed E-state index contributed by atoms with van der Waals surface area (Å²) < 4.78 is 13.9. The van der Waals surface area contributed by atoms with Gasteiger partial charge in [-0.1, -0.05) is 0 Å². The Bertz CT molecular complexity index is 427. The minimum Gasteiger partial charge on any atom is -0.399 e. The molecule has 3 nitrogen and oxygen atoms in total. The molecule has 1 aliphatic rings. The van der Waals surface area contributed by atoms with Crippen molar-refractivity contribution in [1.82, 2.24) is 4.90 Å². The van der Waals surface area contributed by atoms with Crippen molar-refractivity contribution < 1.29 is 4.39 Å². The van der Waals surface area contributed by atoms with E-state index in [0.717, 1.165) is 6.54 Å². The number of nitrogens with zero attached hydrogens (tertiary/aromatic N) is 2.